The van der Waals surface area contributed by atoms with Gasteiger partial charge in [0.1, 0.15) is 0 Å². The zero-order valence-electron chi connectivity index (χ0n) is 7.45. The Bertz CT molecular complexity index is 456. The predicted molar refractivity (Wildman–Crippen MR) is 54.8 cm³/mol. The van der Waals surface area contributed by atoms with Gasteiger partial charge in [0.05, 0.1) is 16.3 Å². The van der Waals surface area contributed by atoms with Crippen LogP contribution in [-0.4, -0.2) is 21.5 Å². The summed E-state index contributed by atoms with van der Waals surface area (Å²) in [5.74, 6) is 0. The van der Waals surface area contributed by atoms with E-state index in [1.165, 1.54) is 12.1 Å². The van der Waals surface area contributed by atoms with E-state index >= 15 is 0 Å². The molecule has 0 bridgehead atoms. The van der Waals surface area contributed by atoms with Crippen molar-refractivity contribution in [2.75, 3.05) is 23.7 Å². The van der Waals surface area contributed by atoms with Crippen molar-refractivity contribution >= 4 is 21.4 Å². The molecular weight excluding hydrogens is 202 g/mol. The number of hydrogen-bond donors (Lipinski definition) is 3. The molecule has 6 heteroatoms. The van der Waals surface area contributed by atoms with E-state index in [-0.39, 0.29) is 4.90 Å². The Labute approximate surface area is 82.4 Å². The first kappa shape index (κ1) is 9.29. The van der Waals surface area contributed by atoms with Gasteiger partial charge in [0.15, 0.2) is 0 Å². The fraction of sp³-hybridized carbons (Fsp3) is 0.250. The number of hydrogen-bond acceptors (Lipinski definition) is 4. The number of sulfonamides is 1. The predicted octanol–water partition coefficient (Wildman–Crippen LogP) is 0.171. The summed E-state index contributed by atoms with van der Waals surface area (Å²) in [4.78, 5) is 0.132. The highest BCUT2D eigenvalue weighted by molar-refractivity contribution is 7.89. The van der Waals surface area contributed by atoms with E-state index in [1.54, 1.807) is 6.07 Å². The van der Waals surface area contributed by atoms with Crippen LogP contribution in [0.1, 0.15) is 0 Å². The van der Waals surface area contributed by atoms with Crippen LogP contribution >= 0.6 is 0 Å². The van der Waals surface area contributed by atoms with E-state index in [1.807, 2.05) is 0 Å². The Balaban J connectivity index is 2.49. The quantitative estimate of drug-likeness (QED) is 0.621. The van der Waals surface area contributed by atoms with Gasteiger partial charge in [0.25, 0.3) is 0 Å². The smallest absolute Gasteiger partial charge is 0.238 e. The third-order valence-corrected chi connectivity index (χ3v) is 2.99. The second kappa shape index (κ2) is 3.14. The topological polar surface area (TPSA) is 84.2 Å². The number of benzene rings is 1. The fourth-order valence-corrected chi connectivity index (χ4v) is 1.93. The van der Waals surface area contributed by atoms with Gasteiger partial charge in [-0.25, -0.2) is 13.6 Å². The van der Waals surface area contributed by atoms with Gasteiger partial charge >= 0.3 is 0 Å². The molecule has 1 aromatic carbocycles. The van der Waals surface area contributed by atoms with Gasteiger partial charge in [-0.05, 0) is 18.2 Å². The summed E-state index contributed by atoms with van der Waals surface area (Å²) < 4.78 is 22.1. The van der Waals surface area contributed by atoms with Crippen molar-refractivity contribution in [1.29, 1.82) is 0 Å². The Morgan fingerprint density at radius 2 is 1.79 bits per heavy atom. The van der Waals surface area contributed by atoms with Crippen molar-refractivity contribution in [3.05, 3.63) is 18.2 Å². The zero-order chi connectivity index (χ0) is 10.2. The van der Waals surface area contributed by atoms with E-state index in [0.717, 1.165) is 24.5 Å². The zero-order valence-corrected chi connectivity index (χ0v) is 8.26. The summed E-state index contributed by atoms with van der Waals surface area (Å²) in [5.41, 5.74) is 1.69. The maximum absolute atomic E-state index is 11.0. The average molecular weight is 213 g/mol. The molecule has 1 heterocycles. The average Bonchev–Trinajstić information content (AvgIpc) is 2.16. The van der Waals surface area contributed by atoms with Gasteiger partial charge in [-0.15, -0.1) is 0 Å². The molecular formula is C8H11N3O2S. The molecule has 0 unspecified atom stereocenters. The van der Waals surface area contributed by atoms with E-state index in [2.05, 4.69) is 10.6 Å². The standard InChI is InChI=1S/C8H11N3O2S/c9-14(12,13)6-1-2-7-8(5-6)11-4-3-10-7/h1-2,5,10-11H,3-4H2,(H2,9,12,13). The Kier molecular flexibility index (Phi) is 2.09. The molecule has 1 aliphatic heterocycles. The number of anilines is 2. The molecule has 0 spiro atoms. The van der Waals surface area contributed by atoms with Crippen LogP contribution < -0.4 is 15.8 Å². The van der Waals surface area contributed by atoms with Crippen LogP contribution in [0.5, 0.6) is 0 Å². The van der Waals surface area contributed by atoms with E-state index in [9.17, 15) is 8.42 Å². The third-order valence-electron chi connectivity index (χ3n) is 2.08. The fourth-order valence-electron chi connectivity index (χ4n) is 1.40. The SMILES string of the molecule is NS(=O)(=O)c1ccc2c(c1)NCCN2. The van der Waals surface area contributed by atoms with E-state index in [0.29, 0.717) is 0 Å². The van der Waals surface area contributed by atoms with Gasteiger partial charge in [-0.3, -0.25) is 0 Å². The number of nitrogens with two attached hydrogens (primary N) is 1. The summed E-state index contributed by atoms with van der Waals surface area (Å²) in [6, 6.07) is 4.74. The minimum Gasteiger partial charge on any atom is -0.382 e. The van der Waals surface area contributed by atoms with Gasteiger partial charge in [0.2, 0.25) is 10.0 Å². The highest BCUT2D eigenvalue weighted by Crippen LogP contribution is 2.26. The van der Waals surface area contributed by atoms with Crippen molar-refractivity contribution < 1.29 is 8.42 Å². The summed E-state index contributed by atoms with van der Waals surface area (Å²) >= 11 is 0. The molecule has 0 radical (unpaired) electrons. The lowest BCUT2D eigenvalue weighted by atomic mass is 10.2. The molecule has 0 atom stereocenters. The molecule has 0 saturated carbocycles. The molecule has 0 amide bonds. The van der Waals surface area contributed by atoms with Crippen molar-refractivity contribution in [2.24, 2.45) is 5.14 Å². The van der Waals surface area contributed by atoms with Crippen LogP contribution in [0.4, 0.5) is 11.4 Å². The van der Waals surface area contributed by atoms with Gasteiger partial charge in [0, 0.05) is 13.1 Å². The van der Waals surface area contributed by atoms with Crippen LogP contribution in [-0.2, 0) is 10.0 Å². The monoisotopic (exact) mass is 213 g/mol. The molecule has 0 fully saturated rings. The molecule has 2 rings (SSSR count). The van der Waals surface area contributed by atoms with Gasteiger partial charge < -0.3 is 10.6 Å². The molecule has 0 aliphatic carbocycles. The minimum atomic E-state index is -3.60. The normalized spacial score (nSPS) is 15.2. The van der Waals surface area contributed by atoms with Crippen LogP contribution in [0.25, 0.3) is 0 Å². The summed E-state index contributed by atoms with van der Waals surface area (Å²) in [7, 11) is -3.60. The Hall–Kier alpha value is -1.27. The lowest BCUT2D eigenvalue weighted by molar-refractivity contribution is 0.598. The third kappa shape index (κ3) is 1.66. The number of primary sulfonamides is 1. The number of nitrogens with one attached hydrogen (secondary N) is 2. The van der Waals surface area contributed by atoms with Crippen LogP contribution in [0, 0.1) is 0 Å². The molecule has 0 aromatic heterocycles. The lowest BCUT2D eigenvalue weighted by Crippen LogP contribution is -2.21. The van der Waals surface area contributed by atoms with Crippen LogP contribution in [0.3, 0.4) is 0 Å². The second-order valence-corrected chi connectivity index (χ2v) is 4.67. The molecule has 1 aliphatic rings. The van der Waals surface area contributed by atoms with E-state index in [4.69, 9.17) is 5.14 Å². The highest BCUT2D eigenvalue weighted by atomic mass is 32.2. The maximum Gasteiger partial charge on any atom is 0.238 e. The van der Waals surface area contributed by atoms with Crippen molar-refractivity contribution in [3.63, 3.8) is 0 Å². The number of rotatable bonds is 1. The minimum absolute atomic E-state index is 0.132. The second-order valence-electron chi connectivity index (χ2n) is 3.11. The van der Waals surface area contributed by atoms with Crippen LogP contribution in [0.2, 0.25) is 0 Å². The molecule has 4 N–H and O–H groups in total. The van der Waals surface area contributed by atoms with Crippen molar-refractivity contribution in [2.45, 2.75) is 4.90 Å². The van der Waals surface area contributed by atoms with E-state index < -0.39 is 10.0 Å². The Morgan fingerprint density at radius 1 is 1.14 bits per heavy atom. The largest absolute Gasteiger partial charge is 0.382 e. The summed E-state index contributed by atoms with van der Waals surface area (Å²) in [6.45, 7) is 1.61. The molecule has 76 valence electrons. The molecule has 14 heavy (non-hydrogen) atoms. The van der Waals surface area contributed by atoms with Crippen molar-refractivity contribution in [1.82, 2.24) is 0 Å². The molecule has 1 aromatic rings. The highest BCUT2D eigenvalue weighted by Gasteiger charge is 2.13. The first-order valence-electron chi connectivity index (χ1n) is 4.22. The lowest BCUT2D eigenvalue weighted by Gasteiger charge is -2.20. The summed E-state index contributed by atoms with van der Waals surface area (Å²) in [5, 5.41) is 11.2. The van der Waals surface area contributed by atoms with Crippen LogP contribution in [0.15, 0.2) is 23.1 Å². The molecule has 0 saturated heterocycles. The maximum atomic E-state index is 11.0. The first-order valence-corrected chi connectivity index (χ1v) is 5.76. The molecule has 5 nitrogen and oxygen atoms in total. The summed E-state index contributed by atoms with van der Waals surface area (Å²) in [6.07, 6.45) is 0. The van der Waals surface area contributed by atoms with Gasteiger partial charge in [-0.1, -0.05) is 0 Å². The number of fused-ring (bicyclic) bond motifs is 1. The van der Waals surface area contributed by atoms with Gasteiger partial charge in [-0.2, -0.15) is 0 Å². The van der Waals surface area contributed by atoms with Crippen molar-refractivity contribution in [3.8, 4) is 0 Å². The first-order chi connectivity index (χ1) is 6.57. The Morgan fingerprint density at radius 3 is 2.43 bits per heavy atom.